The highest BCUT2D eigenvalue weighted by Crippen LogP contribution is 2.25. The van der Waals surface area contributed by atoms with Gasteiger partial charge in [0.05, 0.1) is 22.4 Å². The van der Waals surface area contributed by atoms with Crippen molar-refractivity contribution in [2.24, 2.45) is 0 Å². The first kappa shape index (κ1) is 47.0. The highest BCUT2D eigenvalue weighted by molar-refractivity contribution is 5.68. The van der Waals surface area contributed by atoms with Crippen molar-refractivity contribution in [3.8, 4) is 0 Å². The maximum Gasteiger partial charge on any atom is 0.309 e. The van der Waals surface area contributed by atoms with Crippen LogP contribution in [-0.4, -0.2) is 79.6 Å². The van der Waals surface area contributed by atoms with E-state index in [1.165, 1.54) is 13.8 Å². The van der Waals surface area contributed by atoms with Crippen molar-refractivity contribution in [3.63, 3.8) is 0 Å². The summed E-state index contributed by atoms with van der Waals surface area (Å²) in [6.45, 7) is 24.8. The van der Waals surface area contributed by atoms with Gasteiger partial charge in [-0.3, -0.25) is 9.59 Å². The molecule has 0 atom stereocenters. The van der Waals surface area contributed by atoms with Crippen LogP contribution in [0.5, 0.6) is 0 Å². The topological polar surface area (TPSA) is 189 Å². The van der Waals surface area contributed by atoms with E-state index < -0.39 is 58.8 Å². The van der Waals surface area contributed by atoms with E-state index in [0.29, 0.717) is 0 Å². The van der Waals surface area contributed by atoms with Crippen molar-refractivity contribution in [3.05, 3.63) is 0 Å². The monoisotopic (exact) mass is 646 g/mol. The number of hydrogen-bond donors (Lipinski definition) is 4. The van der Waals surface area contributed by atoms with Crippen molar-refractivity contribution >= 4 is 11.9 Å². The minimum Gasteiger partial charge on any atom is -0.481 e. The van der Waals surface area contributed by atoms with Gasteiger partial charge in [-0.05, 0) is 110 Å². The van der Waals surface area contributed by atoms with E-state index in [4.69, 9.17) is 59.5 Å². The summed E-state index contributed by atoms with van der Waals surface area (Å²) in [6, 6.07) is 0. The highest BCUT2D eigenvalue weighted by Gasteiger charge is 2.37. The molecule has 0 aliphatic rings. The zero-order valence-corrected chi connectivity index (χ0v) is 29.5. The molecule has 0 rings (SSSR count). The number of rotatable bonds is 17. The third-order valence-corrected chi connectivity index (χ3v) is 3.88. The molecule has 266 valence electrons. The number of carboxylic acid groups (broad SMARTS) is 2. The van der Waals surface area contributed by atoms with Gasteiger partial charge in [-0.25, -0.2) is 19.6 Å². The Morgan fingerprint density at radius 2 is 0.614 bits per heavy atom. The molecule has 0 spiro atoms. The lowest BCUT2D eigenvalue weighted by Gasteiger charge is -2.31. The Labute approximate surface area is 263 Å². The fraction of sp³-hybridized carbons (Fsp3) is 0.933. The zero-order valence-electron chi connectivity index (χ0n) is 29.5. The Balaban J connectivity index is -0.000000616. The van der Waals surface area contributed by atoms with Crippen LogP contribution in [0, 0.1) is 0 Å². The molecule has 0 amide bonds. The summed E-state index contributed by atoms with van der Waals surface area (Å²) < 4.78 is 0. The van der Waals surface area contributed by atoms with Crippen molar-refractivity contribution in [1.82, 2.24) is 0 Å². The summed E-state index contributed by atoms with van der Waals surface area (Å²) >= 11 is 0. The van der Waals surface area contributed by atoms with Gasteiger partial charge in [-0.15, -0.1) is 0 Å². The number of unbranched alkanes of at least 4 members (excludes halogenated alkanes) is 3. The largest absolute Gasteiger partial charge is 0.481 e. The predicted molar refractivity (Wildman–Crippen MR) is 162 cm³/mol. The molecule has 0 aliphatic carbocycles. The summed E-state index contributed by atoms with van der Waals surface area (Å²) in [6.07, 6.45) is 3.02. The van der Waals surface area contributed by atoms with Gasteiger partial charge >= 0.3 is 11.9 Å². The lowest BCUT2D eigenvalue weighted by Crippen LogP contribution is -2.40. The van der Waals surface area contributed by atoms with Crippen LogP contribution < -0.4 is 0 Å². The lowest BCUT2D eigenvalue weighted by molar-refractivity contribution is -0.535. The molecule has 14 nitrogen and oxygen atoms in total. The SMILES string of the molecule is CC(C)(C)OOC(C)(CC(=O)O)OOC(C)(C)C.CC(C)(C)OOC(C)(CC(=O)O)OOC(C)(C)C.OCCCCCCO. The first-order valence-electron chi connectivity index (χ1n) is 14.7. The molecule has 0 aromatic heterocycles. The quantitative estimate of drug-likeness (QED) is 0.0635. The fourth-order valence-corrected chi connectivity index (χ4v) is 2.12. The van der Waals surface area contributed by atoms with Gasteiger partial charge < -0.3 is 20.4 Å². The van der Waals surface area contributed by atoms with Crippen molar-refractivity contribution < 1.29 is 69.1 Å². The van der Waals surface area contributed by atoms with E-state index in [2.05, 4.69) is 0 Å². The minimum absolute atomic E-state index is 0.283. The van der Waals surface area contributed by atoms with Crippen molar-refractivity contribution in [2.45, 2.75) is 169 Å². The fourth-order valence-electron chi connectivity index (χ4n) is 2.12. The molecular formula is C30H62O14. The van der Waals surface area contributed by atoms with E-state index in [-0.39, 0.29) is 13.2 Å². The molecule has 0 saturated heterocycles. The molecule has 0 bridgehead atoms. The number of carbonyl (C=O) groups is 2. The smallest absolute Gasteiger partial charge is 0.309 e. The maximum atomic E-state index is 10.8. The molecule has 14 heteroatoms. The Hall–Kier alpha value is -1.46. The summed E-state index contributed by atoms with van der Waals surface area (Å²) in [7, 11) is 0. The first-order chi connectivity index (χ1) is 19.6. The molecule has 0 aliphatic heterocycles. The number of aliphatic hydroxyl groups is 2. The molecule has 4 N–H and O–H groups in total. The molecule has 0 saturated carbocycles. The lowest BCUT2D eigenvalue weighted by atomic mass is 10.2. The van der Waals surface area contributed by atoms with Crippen LogP contribution in [0.3, 0.4) is 0 Å². The number of aliphatic hydroxyl groups excluding tert-OH is 2. The van der Waals surface area contributed by atoms with Gasteiger partial charge in [-0.1, -0.05) is 12.8 Å². The van der Waals surface area contributed by atoms with Crippen LogP contribution in [0.15, 0.2) is 0 Å². The molecule has 0 heterocycles. The second-order valence-corrected chi connectivity index (χ2v) is 14.4. The van der Waals surface area contributed by atoms with Gasteiger partial charge in [0, 0.05) is 13.2 Å². The summed E-state index contributed by atoms with van der Waals surface area (Å²) in [5, 5.41) is 34.3. The molecule has 0 radical (unpaired) electrons. The molecule has 44 heavy (non-hydrogen) atoms. The number of carboxylic acids is 2. The number of aliphatic carboxylic acids is 2. The molecule has 0 unspecified atom stereocenters. The van der Waals surface area contributed by atoms with Crippen LogP contribution >= 0.6 is 0 Å². The Morgan fingerprint density at radius 3 is 0.750 bits per heavy atom. The third-order valence-electron chi connectivity index (χ3n) is 3.88. The summed E-state index contributed by atoms with van der Waals surface area (Å²) in [5.41, 5.74) is -2.31. The van der Waals surface area contributed by atoms with Crippen molar-refractivity contribution in [2.75, 3.05) is 13.2 Å². The van der Waals surface area contributed by atoms with Crippen LogP contribution in [0.4, 0.5) is 0 Å². The van der Waals surface area contributed by atoms with Gasteiger partial charge in [0.2, 0.25) is 11.6 Å². The van der Waals surface area contributed by atoms with E-state index in [1.807, 2.05) is 0 Å². The Morgan fingerprint density at radius 1 is 0.409 bits per heavy atom. The average Bonchev–Trinajstić information content (AvgIpc) is 2.81. The normalized spacial score (nSPS) is 13.0. The second-order valence-electron chi connectivity index (χ2n) is 14.4. The molecule has 0 aromatic carbocycles. The molecular weight excluding hydrogens is 584 g/mol. The van der Waals surface area contributed by atoms with Gasteiger partial charge in [0.25, 0.3) is 0 Å². The standard InChI is InChI=1S/2C12H24O6.C6H14O2/c2*1-10(2,3)15-17-12(7,8-9(13)14)18-16-11(4,5)6;7-5-3-1-2-4-6-8/h2*8H2,1-7H3,(H,13,14);7-8H,1-6H2. The van der Waals surface area contributed by atoms with Crippen molar-refractivity contribution in [1.29, 1.82) is 0 Å². The van der Waals surface area contributed by atoms with Crippen LogP contribution in [0.2, 0.25) is 0 Å². The Bertz CT molecular complexity index is 658. The molecule has 0 aromatic rings. The predicted octanol–water partition coefficient (Wildman–Crippen LogP) is 5.87. The summed E-state index contributed by atoms with van der Waals surface area (Å²) in [5.74, 6) is -5.17. The first-order valence-corrected chi connectivity index (χ1v) is 14.7. The van der Waals surface area contributed by atoms with E-state index >= 15 is 0 Å². The van der Waals surface area contributed by atoms with Crippen LogP contribution in [0.1, 0.15) is 135 Å². The number of hydrogen-bond acceptors (Lipinski definition) is 12. The van der Waals surface area contributed by atoms with Crippen LogP contribution in [-0.2, 0) is 48.7 Å². The van der Waals surface area contributed by atoms with E-state index in [9.17, 15) is 9.59 Å². The minimum atomic E-state index is -1.51. The third kappa shape index (κ3) is 36.7. The van der Waals surface area contributed by atoms with Crippen LogP contribution in [0.25, 0.3) is 0 Å². The second kappa shape index (κ2) is 21.4. The van der Waals surface area contributed by atoms with Gasteiger partial charge in [0.15, 0.2) is 0 Å². The summed E-state index contributed by atoms with van der Waals surface area (Å²) in [4.78, 5) is 62.2. The zero-order chi connectivity index (χ0) is 35.5. The Kier molecular flexibility index (Phi) is 22.8. The van der Waals surface area contributed by atoms with E-state index in [1.54, 1.807) is 83.1 Å². The van der Waals surface area contributed by atoms with Gasteiger partial charge in [-0.2, -0.15) is 19.6 Å². The highest BCUT2D eigenvalue weighted by atomic mass is 17.3. The van der Waals surface area contributed by atoms with E-state index in [0.717, 1.165) is 25.7 Å². The average molecular weight is 647 g/mol. The maximum absolute atomic E-state index is 10.8. The van der Waals surface area contributed by atoms with Gasteiger partial charge in [0.1, 0.15) is 12.8 Å². The molecule has 0 fully saturated rings.